The molecule has 1 N–H and O–H groups in total. The lowest BCUT2D eigenvalue weighted by atomic mass is 10.00. The predicted octanol–water partition coefficient (Wildman–Crippen LogP) is 3.42. The maximum Gasteiger partial charge on any atom is 0.414 e. The lowest BCUT2D eigenvalue weighted by Gasteiger charge is -2.19. The fraction of sp³-hybridized carbons (Fsp3) is 0.467. The van der Waals surface area contributed by atoms with Crippen molar-refractivity contribution in [2.45, 2.75) is 47.1 Å². The normalized spacial score (nSPS) is 10.3. The van der Waals surface area contributed by atoms with Crippen LogP contribution in [-0.4, -0.2) is 22.0 Å². The zero-order valence-corrected chi connectivity index (χ0v) is 12.0. The molecule has 0 bridgehead atoms. The Bertz CT molecular complexity index is 494. The number of amides is 2. The fourth-order valence-corrected chi connectivity index (χ4v) is 2.07. The molecule has 0 aliphatic heterocycles. The molecule has 0 atom stereocenters. The Hall–Kier alpha value is -1.84. The van der Waals surface area contributed by atoms with Gasteiger partial charge in [0.15, 0.2) is 0 Å². The van der Waals surface area contributed by atoms with Crippen molar-refractivity contribution in [3.8, 4) is 0 Å². The first kappa shape index (κ1) is 15.2. The first-order valence-corrected chi connectivity index (χ1v) is 6.46. The van der Waals surface area contributed by atoms with Gasteiger partial charge in [-0.25, -0.2) is 9.69 Å². The number of hydrogen-bond donors (Lipinski definition) is 1. The van der Waals surface area contributed by atoms with Gasteiger partial charge in [-0.1, -0.05) is 24.6 Å². The van der Waals surface area contributed by atoms with Crippen molar-refractivity contribution in [1.82, 2.24) is 4.90 Å². The van der Waals surface area contributed by atoms with Crippen LogP contribution in [0.4, 0.5) is 4.79 Å². The van der Waals surface area contributed by atoms with Crippen LogP contribution in [-0.2, 0) is 11.3 Å². The fourth-order valence-electron chi connectivity index (χ4n) is 2.07. The molecule has 0 radical (unpaired) electrons. The van der Waals surface area contributed by atoms with Gasteiger partial charge in [0.05, 0.1) is 6.54 Å². The maximum atomic E-state index is 11.8. The summed E-state index contributed by atoms with van der Waals surface area (Å²) in [6.07, 6.45) is -0.276. The average molecular weight is 263 g/mol. The third-order valence-electron chi connectivity index (χ3n) is 3.24. The van der Waals surface area contributed by atoms with Gasteiger partial charge < -0.3 is 5.11 Å². The number of imide groups is 1. The van der Waals surface area contributed by atoms with Gasteiger partial charge in [0.1, 0.15) is 0 Å². The maximum absolute atomic E-state index is 11.8. The highest BCUT2D eigenvalue weighted by Crippen LogP contribution is 2.18. The highest BCUT2D eigenvalue weighted by Gasteiger charge is 2.21. The van der Waals surface area contributed by atoms with Crippen molar-refractivity contribution in [2.75, 3.05) is 0 Å². The summed E-state index contributed by atoms with van der Waals surface area (Å²) >= 11 is 0. The molecule has 0 heterocycles. The Morgan fingerprint density at radius 2 is 1.84 bits per heavy atom. The molecule has 0 aromatic heterocycles. The lowest BCUT2D eigenvalue weighted by molar-refractivity contribution is -0.129. The van der Waals surface area contributed by atoms with E-state index in [1.807, 2.05) is 33.8 Å². The molecule has 1 rings (SSSR count). The Morgan fingerprint density at radius 1 is 1.21 bits per heavy atom. The van der Waals surface area contributed by atoms with Crippen LogP contribution in [0.15, 0.2) is 12.1 Å². The summed E-state index contributed by atoms with van der Waals surface area (Å²) in [5, 5.41) is 9.17. The van der Waals surface area contributed by atoms with Crippen LogP contribution in [0.2, 0.25) is 0 Å². The molecular weight excluding hydrogens is 242 g/mol. The molecule has 0 aliphatic carbocycles. The van der Waals surface area contributed by atoms with E-state index < -0.39 is 6.09 Å². The zero-order valence-electron chi connectivity index (χ0n) is 12.0. The molecule has 0 saturated carbocycles. The Kier molecular flexibility index (Phi) is 5.10. The van der Waals surface area contributed by atoms with Gasteiger partial charge in [0.2, 0.25) is 5.91 Å². The summed E-state index contributed by atoms with van der Waals surface area (Å²) in [4.78, 5) is 23.9. The van der Waals surface area contributed by atoms with Crippen molar-refractivity contribution in [1.29, 1.82) is 0 Å². The quantitative estimate of drug-likeness (QED) is 0.905. The first-order chi connectivity index (χ1) is 8.86. The molecule has 19 heavy (non-hydrogen) atoms. The molecule has 4 nitrogen and oxygen atoms in total. The largest absolute Gasteiger partial charge is 0.465 e. The van der Waals surface area contributed by atoms with Crippen LogP contribution >= 0.6 is 0 Å². The second-order valence-corrected chi connectivity index (χ2v) is 4.88. The van der Waals surface area contributed by atoms with Crippen LogP contribution in [0.1, 0.15) is 42.0 Å². The number of carbonyl (C=O) groups excluding carboxylic acids is 1. The van der Waals surface area contributed by atoms with Crippen LogP contribution in [0.5, 0.6) is 0 Å². The molecule has 2 amide bonds. The first-order valence-electron chi connectivity index (χ1n) is 6.46. The Morgan fingerprint density at radius 3 is 2.37 bits per heavy atom. The van der Waals surface area contributed by atoms with Crippen molar-refractivity contribution in [3.05, 3.63) is 34.4 Å². The molecule has 0 fully saturated rings. The van der Waals surface area contributed by atoms with Gasteiger partial charge in [0, 0.05) is 6.42 Å². The topological polar surface area (TPSA) is 57.6 Å². The van der Waals surface area contributed by atoms with E-state index in [4.69, 9.17) is 5.11 Å². The number of nitrogens with zero attached hydrogens (tertiary/aromatic N) is 1. The Balaban J connectivity index is 3.03. The number of rotatable bonds is 4. The summed E-state index contributed by atoms with van der Waals surface area (Å²) in [7, 11) is 0. The van der Waals surface area contributed by atoms with Crippen molar-refractivity contribution in [3.63, 3.8) is 0 Å². The van der Waals surface area contributed by atoms with Crippen molar-refractivity contribution < 1.29 is 14.7 Å². The third kappa shape index (κ3) is 3.81. The summed E-state index contributed by atoms with van der Waals surface area (Å²) in [5.41, 5.74) is 4.13. The molecule has 0 aliphatic rings. The van der Waals surface area contributed by atoms with E-state index >= 15 is 0 Å². The molecule has 1 aromatic carbocycles. The molecular formula is C15H21NO3. The molecule has 0 unspecified atom stereocenters. The van der Waals surface area contributed by atoms with E-state index in [9.17, 15) is 9.59 Å². The van der Waals surface area contributed by atoms with Gasteiger partial charge in [-0.15, -0.1) is 0 Å². The average Bonchev–Trinajstić information content (AvgIpc) is 2.31. The summed E-state index contributed by atoms with van der Waals surface area (Å²) in [5.74, 6) is -0.339. The lowest BCUT2D eigenvalue weighted by Crippen LogP contribution is -2.35. The van der Waals surface area contributed by atoms with Crippen LogP contribution in [0.3, 0.4) is 0 Å². The van der Waals surface area contributed by atoms with Gasteiger partial charge in [0.25, 0.3) is 0 Å². The number of aryl methyl sites for hydroxylation is 2. The van der Waals surface area contributed by atoms with E-state index in [0.29, 0.717) is 6.42 Å². The molecule has 0 spiro atoms. The summed E-state index contributed by atoms with van der Waals surface area (Å²) in [6.45, 7) is 7.90. The molecule has 0 saturated heterocycles. The highest BCUT2D eigenvalue weighted by atomic mass is 16.4. The standard InChI is InChI=1S/C15H21NO3/c1-5-6-14(17)16(15(18)19)9-13-8-10(2)7-11(3)12(13)4/h7-8H,5-6,9H2,1-4H3,(H,18,19). The van der Waals surface area contributed by atoms with E-state index in [1.165, 1.54) is 0 Å². The van der Waals surface area contributed by atoms with E-state index in [-0.39, 0.29) is 18.9 Å². The van der Waals surface area contributed by atoms with Crippen LogP contribution in [0, 0.1) is 20.8 Å². The number of carboxylic acid groups (broad SMARTS) is 1. The zero-order chi connectivity index (χ0) is 14.6. The smallest absolute Gasteiger partial charge is 0.414 e. The minimum Gasteiger partial charge on any atom is -0.465 e. The second kappa shape index (κ2) is 6.36. The highest BCUT2D eigenvalue weighted by molar-refractivity contribution is 5.91. The minimum atomic E-state index is -1.18. The van der Waals surface area contributed by atoms with Gasteiger partial charge >= 0.3 is 6.09 Å². The van der Waals surface area contributed by atoms with E-state index in [1.54, 1.807) is 0 Å². The predicted molar refractivity (Wildman–Crippen MR) is 74.1 cm³/mol. The number of benzene rings is 1. The molecule has 104 valence electrons. The van der Waals surface area contributed by atoms with Gasteiger partial charge in [-0.2, -0.15) is 0 Å². The van der Waals surface area contributed by atoms with E-state index in [2.05, 4.69) is 6.07 Å². The number of hydrogen-bond acceptors (Lipinski definition) is 2. The molecule has 1 aromatic rings. The van der Waals surface area contributed by atoms with Gasteiger partial charge in [-0.05, 0) is 43.9 Å². The SMILES string of the molecule is CCCC(=O)N(Cc1cc(C)cc(C)c1C)C(=O)O. The Labute approximate surface area is 114 Å². The van der Waals surface area contributed by atoms with E-state index in [0.717, 1.165) is 27.2 Å². The van der Waals surface area contributed by atoms with Crippen molar-refractivity contribution >= 4 is 12.0 Å². The minimum absolute atomic E-state index is 0.127. The van der Waals surface area contributed by atoms with Gasteiger partial charge in [-0.3, -0.25) is 4.79 Å². The second-order valence-electron chi connectivity index (χ2n) is 4.88. The summed E-state index contributed by atoms with van der Waals surface area (Å²) in [6, 6.07) is 4.00. The number of carbonyl (C=O) groups is 2. The monoisotopic (exact) mass is 263 g/mol. The van der Waals surface area contributed by atoms with Crippen LogP contribution in [0.25, 0.3) is 0 Å². The van der Waals surface area contributed by atoms with Crippen LogP contribution < -0.4 is 0 Å². The summed E-state index contributed by atoms with van der Waals surface area (Å²) < 4.78 is 0. The molecule has 4 heteroatoms. The third-order valence-corrected chi connectivity index (χ3v) is 3.24. The van der Waals surface area contributed by atoms with Crippen molar-refractivity contribution in [2.24, 2.45) is 0 Å².